The molecule has 1 amide bonds. The van der Waals surface area contributed by atoms with E-state index in [1.807, 2.05) is 30.3 Å². The van der Waals surface area contributed by atoms with E-state index in [1.54, 1.807) is 43.3 Å². The molecule has 6 heteroatoms. The van der Waals surface area contributed by atoms with E-state index in [1.165, 1.54) is 4.90 Å². The number of rotatable bonds is 9. The van der Waals surface area contributed by atoms with Gasteiger partial charge in [-0.2, -0.15) is 0 Å². The van der Waals surface area contributed by atoms with Crippen LogP contribution in [0, 0.1) is 6.92 Å². The SMILES string of the molecule is CCCCOc1cccc(/C(O)=C2\C(=O)C(=O)N(CCc3ccccc3)C2c2ccc(C)o2)c1. The lowest BCUT2D eigenvalue weighted by atomic mass is 9.99. The summed E-state index contributed by atoms with van der Waals surface area (Å²) in [5, 5.41) is 11.2. The first-order chi connectivity index (χ1) is 16.5. The fraction of sp³-hybridized carbons (Fsp3) is 0.286. The van der Waals surface area contributed by atoms with Crippen molar-refractivity contribution in [2.45, 2.75) is 39.2 Å². The molecule has 2 aromatic carbocycles. The van der Waals surface area contributed by atoms with Crippen LogP contribution in [0.1, 0.15) is 48.5 Å². The van der Waals surface area contributed by atoms with Gasteiger partial charge in [0.1, 0.15) is 29.1 Å². The van der Waals surface area contributed by atoms with Gasteiger partial charge in [0, 0.05) is 12.1 Å². The summed E-state index contributed by atoms with van der Waals surface area (Å²) in [6.45, 7) is 4.77. The summed E-state index contributed by atoms with van der Waals surface area (Å²) in [6, 6.07) is 19.4. The van der Waals surface area contributed by atoms with Crippen LogP contribution in [0.25, 0.3) is 5.76 Å². The van der Waals surface area contributed by atoms with Gasteiger partial charge in [0.2, 0.25) is 0 Å². The third-order valence-corrected chi connectivity index (χ3v) is 5.93. The smallest absolute Gasteiger partial charge is 0.295 e. The maximum Gasteiger partial charge on any atom is 0.295 e. The quantitative estimate of drug-likeness (QED) is 0.200. The Morgan fingerprint density at radius 2 is 1.85 bits per heavy atom. The lowest BCUT2D eigenvalue weighted by molar-refractivity contribution is -0.140. The predicted molar refractivity (Wildman–Crippen MR) is 129 cm³/mol. The van der Waals surface area contributed by atoms with E-state index in [2.05, 4.69) is 6.92 Å². The van der Waals surface area contributed by atoms with Crippen molar-refractivity contribution in [3.8, 4) is 5.75 Å². The van der Waals surface area contributed by atoms with Gasteiger partial charge in [-0.25, -0.2) is 0 Å². The molecule has 176 valence electrons. The van der Waals surface area contributed by atoms with Gasteiger partial charge >= 0.3 is 0 Å². The Labute approximate surface area is 199 Å². The van der Waals surface area contributed by atoms with Crippen LogP contribution in [0.4, 0.5) is 0 Å². The standard InChI is InChI=1S/C28H29NO5/c1-3-4-17-33-22-12-8-11-21(18-22)26(30)24-25(23-14-13-19(2)34-23)29(28(32)27(24)31)16-15-20-9-6-5-7-10-20/h5-14,18,25,30H,3-4,15-17H2,1-2H3/b26-24+. The number of aryl methyl sites for hydroxylation is 1. The minimum absolute atomic E-state index is 0.0260. The number of ether oxygens (including phenoxy) is 1. The van der Waals surface area contributed by atoms with Crippen molar-refractivity contribution in [3.63, 3.8) is 0 Å². The van der Waals surface area contributed by atoms with Gasteiger partial charge in [0.25, 0.3) is 11.7 Å². The Hall–Kier alpha value is -3.80. The lowest BCUT2D eigenvalue weighted by Crippen LogP contribution is -2.31. The van der Waals surface area contributed by atoms with E-state index >= 15 is 0 Å². The van der Waals surface area contributed by atoms with Gasteiger partial charge in [-0.05, 0) is 49.6 Å². The number of ketones is 1. The molecule has 6 nitrogen and oxygen atoms in total. The normalized spacial score (nSPS) is 17.4. The minimum atomic E-state index is -0.804. The molecule has 1 unspecified atom stereocenters. The highest BCUT2D eigenvalue weighted by molar-refractivity contribution is 6.46. The fourth-order valence-corrected chi connectivity index (χ4v) is 4.12. The zero-order valence-electron chi connectivity index (χ0n) is 19.5. The molecule has 1 atom stereocenters. The molecule has 1 fully saturated rings. The average Bonchev–Trinajstić information content (AvgIpc) is 3.39. The summed E-state index contributed by atoms with van der Waals surface area (Å²) in [4.78, 5) is 27.7. The number of nitrogens with zero attached hydrogens (tertiary/aromatic N) is 1. The van der Waals surface area contributed by atoms with Crippen molar-refractivity contribution in [1.82, 2.24) is 4.90 Å². The number of carbonyl (C=O) groups excluding carboxylic acids is 2. The number of carbonyl (C=O) groups is 2. The number of furan rings is 1. The van der Waals surface area contributed by atoms with Crippen LogP contribution in [0.2, 0.25) is 0 Å². The van der Waals surface area contributed by atoms with E-state index in [9.17, 15) is 14.7 Å². The van der Waals surface area contributed by atoms with Crippen molar-refractivity contribution < 1.29 is 23.8 Å². The van der Waals surface area contributed by atoms with Gasteiger partial charge in [-0.15, -0.1) is 0 Å². The van der Waals surface area contributed by atoms with Crippen molar-refractivity contribution in [2.24, 2.45) is 0 Å². The molecule has 1 aliphatic heterocycles. The summed E-state index contributed by atoms with van der Waals surface area (Å²) < 4.78 is 11.6. The topological polar surface area (TPSA) is 80.0 Å². The number of aliphatic hydroxyl groups excluding tert-OH is 1. The van der Waals surface area contributed by atoms with E-state index in [0.29, 0.717) is 42.4 Å². The van der Waals surface area contributed by atoms with Crippen molar-refractivity contribution in [1.29, 1.82) is 0 Å². The largest absolute Gasteiger partial charge is 0.507 e. The molecule has 0 bridgehead atoms. The van der Waals surface area contributed by atoms with E-state index in [-0.39, 0.29) is 11.3 Å². The second kappa shape index (κ2) is 10.4. The van der Waals surface area contributed by atoms with E-state index in [0.717, 1.165) is 18.4 Å². The van der Waals surface area contributed by atoms with Gasteiger partial charge in [0.05, 0.1) is 12.2 Å². The number of likely N-dealkylation sites (tertiary alicyclic amines) is 1. The zero-order valence-corrected chi connectivity index (χ0v) is 19.5. The van der Waals surface area contributed by atoms with Crippen LogP contribution in [-0.4, -0.2) is 34.8 Å². The molecular formula is C28H29NO5. The van der Waals surface area contributed by atoms with Gasteiger partial charge in [-0.1, -0.05) is 55.8 Å². The van der Waals surface area contributed by atoms with Gasteiger partial charge in [0.15, 0.2) is 0 Å². The zero-order chi connectivity index (χ0) is 24.1. The molecule has 0 radical (unpaired) electrons. The summed E-state index contributed by atoms with van der Waals surface area (Å²) in [5.74, 6) is 0.104. The molecule has 1 aliphatic rings. The molecule has 1 saturated heterocycles. The number of benzene rings is 2. The fourth-order valence-electron chi connectivity index (χ4n) is 4.12. The Bertz CT molecular complexity index is 1190. The van der Waals surface area contributed by atoms with Crippen LogP contribution < -0.4 is 4.74 Å². The molecule has 0 spiro atoms. The number of amides is 1. The predicted octanol–water partition coefficient (Wildman–Crippen LogP) is 5.43. The van der Waals surface area contributed by atoms with Crippen LogP contribution >= 0.6 is 0 Å². The van der Waals surface area contributed by atoms with Gasteiger partial charge < -0.3 is 19.2 Å². The Morgan fingerprint density at radius 1 is 1.06 bits per heavy atom. The monoisotopic (exact) mass is 459 g/mol. The molecule has 0 saturated carbocycles. The number of hydrogen-bond donors (Lipinski definition) is 1. The van der Waals surface area contributed by atoms with Crippen molar-refractivity contribution in [2.75, 3.05) is 13.2 Å². The minimum Gasteiger partial charge on any atom is -0.507 e. The molecule has 3 aromatic rings. The van der Waals surface area contributed by atoms with E-state index < -0.39 is 17.7 Å². The Morgan fingerprint density at radius 3 is 2.56 bits per heavy atom. The number of Topliss-reactive ketones (excluding diaryl/α,β-unsaturated/α-hetero) is 1. The summed E-state index contributed by atoms with van der Waals surface area (Å²) in [6.07, 6.45) is 2.50. The maximum absolute atomic E-state index is 13.1. The molecule has 1 N–H and O–H groups in total. The summed E-state index contributed by atoms with van der Waals surface area (Å²) in [5.41, 5.74) is 1.50. The van der Waals surface area contributed by atoms with Crippen molar-refractivity contribution >= 4 is 17.4 Å². The van der Waals surface area contributed by atoms with Crippen LogP contribution in [0.15, 0.2) is 76.7 Å². The highest BCUT2D eigenvalue weighted by atomic mass is 16.5. The first-order valence-electron chi connectivity index (χ1n) is 11.6. The number of hydrogen-bond acceptors (Lipinski definition) is 5. The maximum atomic E-state index is 13.1. The second-order valence-corrected chi connectivity index (χ2v) is 8.41. The lowest BCUT2D eigenvalue weighted by Gasteiger charge is -2.23. The average molecular weight is 460 g/mol. The molecule has 0 aliphatic carbocycles. The molecule has 4 rings (SSSR count). The second-order valence-electron chi connectivity index (χ2n) is 8.41. The highest BCUT2D eigenvalue weighted by Crippen LogP contribution is 2.40. The molecular weight excluding hydrogens is 430 g/mol. The van der Waals surface area contributed by atoms with Crippen LogP contribution in [-0.2, 0) is 16.0 Å². The molecule has 2 heterocycles. The third-order valence-electron chi connectivity index (χ3n) is 5.93. The Balaban J connectivity index is 1.71. The molecule has 1 aromatic heterocycles. The van der Waals surface area contributed by atoms with Gasteiger partial charge in [-0.3, -0.25) is 9.59 Å². The first-order valence-corrected chi connectivity index (χ1v) is 11.6. The third kappa shape index (κ3) is 4.91. The molecule has 34 heavy (non-hydrogen) atoms. The summed E-state index contributed by atoms with van der Waals surface area (Å²) >= 11 is 0. The Kier molecular flexibility index (Phi) is 7.16. The summed E-state index contributed by atoms with van der Waals surface area (Å²) in [7, 11) is 0. The van der Waals surface area contributed by atoms with Crippen molar-refractivity contribution in [3.05, 3.63) is 95.0 Å². The highest BCUT2D eigenvalue weighted by Gasteiger charge is 2.47. The van der Waals surface area contributed by atoms with E-state index in [4.69, 9.17) is 9.15 Å². The first kappa shape index (κ1) is 23.4. The van der Waals surface area contributed by atoms with Crippen LogP contribution in [0.5, 0.6) is 5.75 Å². The number of aliphatic hydroxyl groups is 1. The van der Waals surface area contributed by atoms with Crippen LogP contribution in [0.3, 0.4) is 0 Å². The number of unbranched alkanes of at least 4 members (excludes halogenated alkanes) is 1.